The average molecular weight is 598 g/mol. The molecule has 2 heterocycles. The lowest BCUT2D eigenvalue weighted by Crippen LogP contribution is -2.48. The van der Waals surface area contributed by atoms with E-state index in [-0.39, 0.29) is 42.0 Å². The number of methoxy groups -OCH3 is 1. The van der Waals surface area contributed by atoms with E-state index in [1.54, 1.807) is 25.6 Å². The molecule has 8 nitrogen and oxygen atoms in total. The van der Waals surface area contributed by atoms with Gasteiger partial charge >= 0.3 is 6.18 Å². The van der Waals surface area contributed by atoms with Crippen molar-refractivity contribution in [2.45, 2.75) is 95.3 Å². The number of alkyl halides is 3. The molecule has 2 fully saturated rings. The summed E-state index contributed by atoms with van der Waals surface area (Å²) in [5, 5.41) is 11.9. The predicted molar refractivity (Wildman–Crippen MR) is 155 cm³/mol. The normalized spacial score (nSPS) is 22.9. The number of carbonyl (C=O) groups excluding carboxylic acids is 1. The Labute approximate surface area is 249 Å². The summed E-state index contributed by atoms with van der Waals surface area (Å²) >= 11 is 0. The summed E-state index contributed by atoms with van der Waals surface area (Å²) in [7, 11) is 3.55. The summed E-state index contributed by atoms with van der Waals surface area (Å²) in [6, 6.07) is 8.36. The van der Waals surface area contributed by atoms with Gasteiger partial charge in [-0.05, 0) is 93.8 Å². The second-order valence-corrected chi connectivity index (χ2v) is 12.8. The quantitative estimate of drug-likeness (QED) is 0.331. The first kappa shape index (κ1) is 29.6. The Balaban J connectivity index is 1.41. The number of carbonyl (C=O) groups is 1. The third kappa shape index (κ3) is 5.31. The van der Waals surface area contributed by atoms with E-state index in [2.05, 4.69) is 22.4 Å². The number of benzene rings is 2. The van der Waals surface area contributed by atoms with E-state index in [1.165, 1.54) is 11.0 Å². The number of ether oxygens (including phenoxy) is 2. The van der Waals surface area contributed by atoms with Crippen LogP contribution in [0.3, 0.4) is 0 Å². The van der Waals surface area contributed by atoms with Crippen LogP contribution in [0.1, 0.15) is 91.3 Å². The summed E-state index contributed by atoms with van der Waals surface area (Å²) in [4.78, 5) is 15.3. The molecule has 2 saturated carbocycles. The van der Waals surface area contributed by atoms with E-state index in [1.807, 2.05) is 37.6 Å². The highest BCUT2D eigenvalue weighted by Crippen LogP contribution is 2.51. The molecule has 43 heavy (non-hydrogen) atoms. The molecule has 0 bridgehead atoms. The van der Waals surface area contributed by atoms with Gasteiger partial charge in [-0.2, -0.15) is 13.2 Å². The molecule has 3 aromatic rings. The van der Waals surface area contributed by atoms with Crippen LogP contribution < -0.4 is 15.0 Å². The standard InChI is InChI=1S/C32H38F3N5O3/c1-19(2)43-23-12-21(31(14-24(15-31)42-5)29-38-37-18-39(29)4)11-22(13-23)40-17-26-25(28(40)41)9-20(10-27(26)32(33,34)35)16-36-30(3)7-6-8-30/h9-13,18-19,24,36H,6-8,14-17H2,1-5H3/t24-,31+. The molecule has 2 aromatic carbocycles. The number of nitrogens with zero attached hydrogens (tertiary/aromatic N) is 4. The van der Waals surface area contributed by atoms with Gasteiger partial charge in [0.1, 0.15) is 17.9 Å². The molecule has 1 aromatic heterocycles. The van der Waals surface area contributed by atoms with Gasteiger partial charge in [0, 0.05) is 43.6 Å². The molecule has 1 aliphatic heterocycles. The van der Waals surface area contributed by atoms with Crippen LogP contribution in [0.15, 0.2) is 36.7 Å². The lowest BCUT2D eigenvalue weighted by molar-refractivity contribution is -0.138. The Morgan fingerprint density at radius 3 is 2.47 bits per heavy atom. The number of amides is 1. The van der Waals surface area contributed by atoms with Crippen LogP contribution in [-0.4, -0.2) is 45.5 Å². The zero-order valence-electron chi connectivity index (χ0n) is 25.2. The number of fused-ring (bicyclic) bond motifs is 1. The monoisotopic (exact) mass is 597 g/mol. The fraction of sp³-hybridized carbons (Fsp3) is 0.531. The van der Waals surface area contributed by atoms with Crippen molar-refractivity contribution in [1.82, 2.24) is 20.1 Å². The lowest BCUT2D eigenvalue weighted by Gasteiger charge is -2.46. The van der Waals surface area contributed by atoms with Crippen LogP contribution in [0.5, 0.6) is 5.75 Å². The Hall–Kier alpha value is -3.44. The van der Waals surface area contributed by atoms with E-state index in [4.69, 9.17) is 9.47 Å². The summed E-state index contributed by atoms with van der Waals surface area (Å²) in [5.74, 6) is 0.824. The van der Waals surface area contributed by atoms with Gasteiger partial charge in [-0.15, -0.1) is 10.2 Å². The van der Waals surface area contributed by atoms with E-state index in [9.17, 15) is 18.0 Å². The molecule has 0 spiro atoms. The van der Waals surface area contributed by atoms with Crippen LogP contribution in [0.2, 0.25) is 0 Å². The number of aryl methyl sites for hydroxylation is 1. The Kier molecular flexibility index (Phi) is 7.32. The molecule has 1 N–H and O–H groups in total. The van der Waals surface area contributed by atoms with Crippen LogP contribution in [0.4, 0.5) is 18.9 Å². The van der Waals surface area contributed by atoms with Gasteiger partial charge in [-0.3, -0.25) is 4.79 Å². The van der Waals surface area contributed by atoms with Crippen LogP contribution in [0, 0.1) is 0 Å². The van der Waals surface area contributed by atoms with Crippen molar-refractivity contribution in [3.8, 4) is 5.75 Å². The van der Waals surface area contributed by atoms with E-state index in [0.717, 1.165) is 30.7 Å². The summed E-state index contributed by atoms with van der Waals surface area (Å²) in [5.41, 5.74) is 0.474. The van der Waals surface area contributed by atoms with Crippen LogP contribution in [0.25, 0.3) is 0 Å². The van der Waals surface area contributed by atoms with E-state index >= 15 is 0 Å². The molecule has 2 aliphatic carbocycles. The van der Waals surface area contributed by atoms with Crippen LogP contribution >= 0.6 is 0 Å². The van der Waals surface area contributed by atoms with Gasteiger partial charge < -0.3 is 24.3 Å². The fourth-order valence-electron chi connectivity index (χ4n) is 6.73. The average Bonchev–Trinajstić information content (AvgIpc) is 3.47. The van der Waals surface area contributed by atoms with E-state index < -0.39 is 23.1 Å². The maximum absolute atomic E-state index is 14.4. The van der Waals surface area contributed by atoms with Crippen molar-refractivity contribution in [2.75, 3.05) is 12.0 Å². The van der Waals surface area contributed by atoms with Gasteiger partial charge in [0.05, 0.1) is 29.7 Å². The second-order valence-electron chi connectivity index (χ2n) is 12.8. The molecule has 6 rings (SSSR count). The highest BCUT2D eigenvalue weighted by atomic mass is 19.4. The van der Waals surface area contributed by atoms with Crippen molar-refractivity contribution in [3.05, 3.63) is 70.3 Å². The SMILES string of the molecule is CO[C@H]1C[C@@](c2cc(OC(C)C)cc(N3Cc4c(cc(CNC5(C)CCC5)cc4C(F)(F)F)C3=O)c2)(c2nncn2C)C1. The number of anilines is 1. The van der Waals surface area contributed by atoms with Crippen molar-refractivity contribution >= 4 is 11.6 Å². The highest BCUT2D eigenvalue weighted by Gasteiger charge is 2.51. The third-order valence-electron chi connectivity index (χ3n) is 9.34. The molecule has 11 heteroatoms. The van der Waals surface area contributed by atoms with Crippen LogP contribution in [-0.2, 0) is 36.5 Å². The Bertz CT molecular complexity index is 1540. The van der Waals surface area contributed by atoms with Crippen molar-refractivity contribution in [2.24, 2.45) is 7.05 Å². The van der Waals surface area contributed by atoms with Gasteiger partial charge in [-0.25, -0.2) is 0 Å². The largest absolute Gasteiger partial charge is 0.491 e. The predicted octanol–water partition coefficient (Wildman–Crippen LogP) is 5.91. The Morgan fingerprint density at radius 2 is 1.88 bits per heavy atom. The molecule has 0 saturated heterocycles. The maximum Gasteiger partial charge on any atom is 0.416 e. The zero-order valence-corrected chi connectivity index (χ0v) is 25.2. The minimum atomic E-state index is -4.60. The number of halogens is 3. The summed E-state index contributed by atoms with van der Waals surface area (Å²) in [6.07, 6.45) is 1.24. The first-order chi connectivity index (χ1) is 20.3. The van der Waals surface area contributed by atoms with Crippen molar-refractivity contribution < 1.29 is 27.4 Å². The molecular weight excluding hydrogens is 559 g/mol. The smallest absolute Gasteiger partial charge is 0.416 e. The maximum atomic E-state index is 14.4. The summed E-state index contributed by atoms with van der Waals surface area (Å²) in [6.45, 7) is 5.97. The zero-order chi connectivity index (χ0) is 30.7. The topological polar surface area (TPSA) is 81.5 Å². The molecule has 230 valence electrons. The number of hydrogen-bond acceptors (Lipinski definition) is 6. The molecule has 1 amide bonds. The van der Waals surface area contributed by atoms with Crippen molar-refractivity contribution in [1.29, 1.82) is 0 Å². The minimum absolute atomic E-state index is 0.000979. The third-order valence-corrected chi connectivity index (χ3v) is 9.34. The first-order valence-corrected chi connectivity index (χ1v) is 14.8. The number of rotatable bonds is 9. The molecule has 0 unspecified atom stereocenters. The van der Waals surface area contributed by atoms with Crippen molar-refractivity contribution in [3.63, 3.8) is 0 Å². The van der Waals surface area contributed by atoms with E-state index in [0.29, 0.717) is 29.8 Å². The highest BCUT2D eigenvalue weighted by molar-refractivity contribution is 6.10. The number of nitrogens with one attached hydrogen (secondary N) is 1. The fourth-order valence-corrected chi connectivity index (χ4v) is 6.73. The molecule has 0 atom stereocenters. The van der Waals surface area contributed by atoms with Gasteiger partial charge in [0.2, 0.25) is 0 Å². The lowest BCUT2D eigenvalue weighted by atomic mass is 9.62. The molecular formula is C32H38F3N5O3. The molecule has 0 radical (unpaired) electrons. The number of aromatic nitrogens is 3. The second kappa shape index (κ2) is 10.6. The molecule has 3 aliphatic rings. The first-order valence-electron chi connectivity index (χ1n) is 14.8. The van der Waals surface area contributed by atoms with Gasteiger partial charge in [0.15, 0.2) is 0 Å². The summed E-state index contributed by atoms with van der Waals surface area (Å²) < 4.78 is 56.7. The van der Waals surface area contributed by atoms with Gasteiger partial charge in [-0.1, -0.05) is 0 Å². The number of hydrogen-bond donors (Lipinski definition) is 1. The Morgan fingerprint density at radius 1 is 1.14 bits per heavy atom. The minimum Gasteiger partial charge on any atom is -0.491 e. The van der Waals surface area contributed by atoms with Gasteiger partial charge in [0.25, 0.3) is 5.91 Å².